The van der Waals surface area contributed by atoms with Gasteiger partial charge in [0.15, 0.2) is 0 Å². The molecule has 2 rings (SSSR count). The third kappa shape index (κ3) is 5.79. The van der Waals surface area contributed by atoms with Crippen LogP contribution in [0, 0.1) is 5.82 Å². The molecule has 0 bridgehead atoms. The Morgan fingerprint density at radius 1 is 1.04 bits per heavy atom. The number of hydrogen-bond donors (Lipinski definition) is 1. The number of benzene rings is 2. The average molecular weight is 392 g/mol. The Labute approximate surface area is 160 Å². The van der Waals surface area contributed by atoms with Crippen LogP contribution in [-0.4, -0.2) is 26.6 Å². The topological polar surface area (TPSA) is 66.5 Å². The molecule has 0 heterocycles. The van der Waals surface area contributed by atoms with E-state index in [-0.39, 0.29) is 24.3 Å². The number of carbonyl (C=O) groups excluding carboxylic acids is 1. The monoisotopic (exact) mass is 392 g/mol. The Kier molecular flexibility index (Phi) is 6.96. The van der Waals surface area contributed by atoms with E-state index in [9.17, 15) is 17.6 Å². The van der Waals surface area contributed by atoms with E-state index in [4.69, 9.17) is 0 Å². The van der Waals surface area contributed by atoms with Gasteiger partial charge in [-0.3, -0.25) is 9.10 Å². The van der Waals surface area contributed by atoms with E-state index >= 15 is 0 Å². The SMILES string of the molecule is CCC(CC)NC(=O)c1ccc(N(Cc2ccc(F)cc2)S(C)(=O)=O)cc1. The van der Waals surface area contributed by atoms with Gasteiger partial charge in [0.1, 0.15) is 5.82 Å². The van der Waals surface area contributed by atoms with Crippen molar-refractivity contribution in [3.63, 3.8) is 0 Å². The predicted octanol–water partition coefficient (Wildman–Crippen LogP) is 3.71. The Bertz CT molecular complexity index is 861. The number of halogens is 1. The predicted molar refractivity (Wildman–Crippen MR) is 106 cm³/mol. The molecule has 146 valence electrons. The van der Waals surface area contributed by atoms with E-state index in [0.717, 1.165) is 19.1 Å². The summed E-state index contributed by atoms with van der Waals surface area (Å²) in [5.74, 6) is -0.558. The van der Waals surface area contributed by atoms with Crippen LogP contribution >= 0.6 is 0 Å². The first-order valence-electron chi connectivity index (χ1n) is 8.87. The number of amides is 1. The van der Waals surface area contributed by atoms with Crippen LogP contribution in [0.15, 0.2) is 48.5 Å². The molecule has 1 amide bonds. The van der Waals surface area contributed by atoms with E-state index in [1.807, 2.05) is 13.8 Å². The number of anilines is 1. The maximum Gasteiger partial charge on any atom is 0.251 e. The van der Waals surface area contributed by atoms with E-state index in [1.165, 1.54) is 16.4 Å². The molecule has 0 aliphatic carbocycles. The molecular weight excluding hydrogens is 367 g/mol. The minimum Gasteiger partial charge on any atom is -0.349 e. The fraction of sp³-hybridized carbons (Fsp3) is 0.350. The van der Waals surface area contributed by atoms with Gasteiger partial charge in [-0.15, -0.1) is 0 Å². The van der Waals surface area contributed by atoms with Crippen LogP contribution in [-0.2, 0) is 16.6 Å². The molecule has 7 heteroatoms. The van der Waals surface area contributed by atoms with Crippen molar-refractivity contribution >= 4 is 21.6 Å². The van der Waals surface area contributed by atoms with Crippen LogP contribution in [0.3, 0.4) is 0 Å². The molecule has 0 radical (unpaired) electrons. The summed E-state index contributed by atoms with van der Waals surface area (Å²) < 4.78 is 38.7. The minimum atomic E-state index is -3.55. The van der Waals surface area contributed by atoms with Gasteiger partial charge >= 0.3 is 0 Å². The molecule has 0 saturated carbocycles. The third-order valence-electron chi connectivity index (χ3n) is 4.38. The van der Waals surface area contributed by atoms with Crippen LogP contribution in [0.4, 0.5) is 10.1 Å². The molecule has 1 N–H and O–H groups in total. The number of sulfonamides is 1. The summed E-state index contributed by atoms with van der Waals surface area (Å²) in [5.41, 5.74) is 1.58. The van der Waals surface area contributed by atoms with Gasteiger partial charge in [-0.25, -0.2) is 12.8 Å². The molecule has 5 nitrogen and oxygen atoms in total. The zero-order valence-corrected chi connectivity index (χ0v) is 16.6. The molecule has 0 saturated heterocycles. The van der Waals surface area contributed by atoms with Crippen molar-refractivity contribution in [1.82, 2.24) is 5.32 Å². The lowest BCUT2D eigenvalue weighted by molar-refractivity contribution is 0.0935. The van der Waals surface area contributed by atoms with Gasteiger partial charge < -0.3 is 5.32 Å². The van der Waals surface area contributed by atoms with Gasteiger partial charge in [-0.1, -0.05) is 26.0 Å². The van der Waals surface area contributed by atoms with Crippen LogP contribution in [0.2, 0.25) is 0 Å². The summed E-state index contributed by atoms with van der Waals surface area (Å²) >= 11 is 0. The van der Waals surface area contributed by atoms with Crippen molar-refractivity contribution in [2.45, 2.75) is 39.3 Å². The molecule has 0 atom stereocenters. The molecule has 0 unspecified atom stereocenters. The number of rotatable bonds is 8. The van der Waals surface area contributed by atoms with Crippen LogP contribution in [0.1, 0.15) is 42.6 Å². The van der Waals surface area contributed by atoms with Crippen LogP contribution < -0.4 is 9.62 Å². The second-order valence-electron chi connectivity index (χ2n) is 6.43. The molecule has 0 aliphatic heterocycles. The second kappa shape index (κ2) is 8.99. The standard InChI is InChI=1S/C20H25FN2O3S/c1-4-18(5-2)22-20(24)16-8-12-19(13-9-16)23(27(3,25)26)14-15-6-10-17(21)11-7-15/h6-13,18H,4-5,14H2,1-3H3,(H,22,24). The highest BCUT2D eigenvalue weighted by molar-refractivity contribution is 7.92. The van der Waals surface area contributed by atoms with E-state index < -0.39 is 10.0 Å². The first-order chi connectivity index (χ1) is 12.7. The normalized spacial score (nSPS) is 11.4. The van der Waals surface area contributed by atoms with E-state index in [0.29, 0.717) is 16.8 Å². The van der Waals surface area contributed by atoms with Crippen molar-refractivity contribution in [2.24, 2.45) is 0 Å². The highest BCUT2D eigenvalue weighted by atomic mass is 32.2. The molecule has 0 spiro atoms. The summed E-state index contributed by atoms with van der Waals surface area (Å²) in [4.78, 5) is 12.3. The van der Waals surface area contributed by atoms with Crippen molar-refractivity contribution in [3.8, 4) is 0 Å². The zero-order chi connectivity index (χ0) is 20.0. The highest BCUT2D eigenvalue weighted by Gasteiger charge is 2.19. The Morgan fingerprint density at radius 2 is 1.59 bits per heavy atom. The van der Waals surface area contributed by atoms with E-state index in [1.54, 1.807) is 36.4 Å². The summed E-state index contributed by atoms with van der Waals surface area (Å²) in [6, 6.07) is 12.2. The fourth-order valence-electron chi connectivity index (χ4n) is 2.70. The first-order valence-corrected chi connectivity index (χ1v) is 10.7. The van der Waals surface area contributed by atoms with Gasteiger partial charge in [-0.05, 0) is 54.8 Å². The summed E-state index contributed by atoms with van der Waals surface area (Å²) in [5, 5.41) is 2.95. The number of hydrogen-bond acceptors (Lipinski definition) is 3. The molecular formula is C20H25FN2O3S. The van der Waals surface area contributed by atoms with Gasteiger partial charge in [0.2, 0.25) is 10.0 Å². The lowest BCUT2D eigenvalue weighted by Crippen LogP contribution is -2.34. The number of nitrogens with zero attached hydrogens (tertiary/aromatic N) is 1. The van der Waals surface area contributed by atoms with Crippen molar-refractivity contribution in [2.75, 3.05) is 10.6 Å². The van der Waals surface area contributed by atoms with E-state index in [2.05, 4.69) is 5.32 Å². The smallest absolute Gasteiger partial charge is 0.251 e. The fourth-order valence-corrected chi connectivity index (χ4v) is 3.58. The molecule has 0 fully saturated rings. The Morgan fingerprint density at radius 3 is 2.07 bits per heavy atom. The largest absolute Gasteiger partial charge is 0.349 e. The summed E-state index contributed by atoms with van der Waals surface area (Å²) in [6.45, 7) is 4.10. The first kappa shape index (κ1) is 20.9. The second-order valence-corrected chi connectivity index (χ2v) is 8.34. The lowest BCUT2D eigenvalue weighted by atomic mass is 10.1. The maximum atomic E-state index is 13.1. The van der Waals surface area contributed by atoms with Gasteiger partial charge in [-0.2, -0.15) is 0 Å². The third-order valence-corrected chi connectivity index (χ3v) is 5.52. The lowest BCUT2D eigenvalue weighted by Gasteiger charge is -2.23. The Hall–Kier alpha value is -2.41. The highest BCUT2D eigenvalue weighted by Crippen LogP contribution is 2.21. The molecule has 2 aromatic rings. The van der Waals surface area contributed by atoms with Crippen LogP contribution in [0.5, 0.6) is 0 Å². The van der Waals surface area contributed by atoms with Gasteiger partial charge in [0.25, 0.3) is 5.91 Å². The van der Waals surface area contributed by atoms with Crippen molar-refractivity contribution in [3.05, 3.63) is 65.5 Å². The minimum absolute atomic E-state index is 0.0817. The maximum absolute atomic E-state index is 13.1. The number of carbonyl (C=O) groups is 1. The molecule has 2 aromatic carbocycles. The average Bonchev–Trinajstić information content (AvgIpc) is 2.64. The van der Waals surface area contributed by atoms with Crippen molar-refractivity contribution < 1.29 is 17.6 Å². The summed E-state index contributed by atoms with van der Waals surface area (Å²) in [6.07, 6.45) is 2.81. The van der Waals surface area contributed by atoms with Crippen LogP contribution in [0.25, 0.3) is 0 Å². The quantitative estimate of drug-likeness (QED) is 0.745. The summed E-state index contributed by atoms with van der Waals surface area (Å²) in [7, 11) is -3.55. The number of nitrogens with one attached hydrogen (secondary N) is 1. The van der Waals surface area contributed by atoms with Gasteiger partial charge in [0, 0.05) is 11.6 Å². The van der Waals surface area contributed by atoms with Crippen molar-refractivity contribution in [1.29, 1.82) is 0 Å². The molecule has 0 aliphatic rings. The Balaban J connectivity index is 2.22. The van der Waals surface area contributed by atoms with Gasteiger partial charge in [0.05, 0.1) is 18.5 Å². The molecule has 0 aromatic heterocycles. The molecule has 27 heavy (non-hydrogen) atoms. The zero-order valence-electron chi connectivity index (χ0n) is 15.8.